The Morgan fingerprint density at radius 2 is 1.83 bits per heavy atom. The van der Waals surface area contributed by atoms with Crippen molar-refractivity contribution < 1.29 is 23.9 Å². The van der Waals surface area contributed by atoms with Gasteiger partial charge in [-0.3, -0.25) is 14.3 Å². The van der Waals surface area contributed by atoms with E-state index < -0.39 is 17.9 Å². The maximum Gasteiger partial charge on any atom is 0.360 e. The number of likely N-dealkylation sites (tertiary alicyclic amines) is 1. The zero-order valence-electron chi connectivity index (χ0n) is 17.8. The summed E-state index contributed by atoms with van der Waals surface area (Å²) < 4.78 is 11.5. The number of hydrogen-bond donors (Lipinski definition) is 1. The summed E-state index contributed by atoms with van der Waals surface area (Å²) in [5, 5.41) is 7.01. The largest absolute Gasteiger partial charge is 0.497 e. The molecule has 1 saturated heterocycles. The van der Waals surface area contributed by atoms with E-state index in [0.717, 1.165) is 5.56 Å². The number of benzene rings is 1. The van der Waals surface area contributed by atoms with Crippen LogP contribution in [0, 0.1) is 12.8 Å². The van der Waals surface area contributed by atoms with Crippen LogP contribution in [0.5, 0.6) is 5.75 Å². The van der Waals surface area contributed by atoms with Crippen molar-refractivity contribution in [3.8, 4) is 5.75 Å². The van der Waals surface area contributed by atoms with Crippen LogP contribution < -0.4 is 10.1 Å². The lowest BCUT2D eigenvalue weighted by Crippen LogP contribution is -2.44. The monoisotopic (exact) mass is 414 g/mol. The van der Waals surface area contributed by atoms with Crippen LogP contribution in [0.3, 0.4) is 0 Å². The Bertz CT molecular complexity index is 967. The zero-order chi connectivity index (χ0) is 22.0. The summed E-state index contributed by atoms with van der Waals surface area (Å²) in [5.41, 5.74) is 1.84. The number of amides is 2. The summed E-state index contributed by atoms with van der Waals surface area (Å²) in [5.74, 6) is -0.731. The Morgan fingerprint density at radius 1 is 1.17 bits per heavy atom. The minimum absolute atomic E-state index is 0.0207. The molecule has 1 aliphatic heterocycles. The first-order valence-electron chi connectivity index (χ1n) is 9.60. The van der Waals surface area contributed by atoms with E-state index >= 15 is 0 Å². The van der Waals surface area contributed by atoms with Crippen LogP contribution in [0.15, 0.2) is 24.3 Å². The van der Waals surface area contributed by atoms with Gasteiger partial charge >= 0.3 is 5.97 Å². The third-order valence-electron chi connectivity index (χ3n) is 5.62. The molecule has 0 spiro atoms. The van der Waals surface area contributed by atoms with Crippen molar-refractivity contribution in [2.24, 2.45) is 13.0 Å². The molecule has 30 heavy (non-hydrogen) atoms. The van der Waals surface area contributed by atoms with Crippen LogP contribution in [0.1, 0.15) is 40.6 Å². The van der Waals surface area contributed by atoms with E-state index in [1.54, 1.807) is 45.2 Å². The molecular weight excluding hydrogens is 388 g/mol. The van der Waals surface area contributed by atoms with Crippen molar-refractivity contribution in [2.75, 3.05) is 26.6 Å². The molecule has 2 heterocycles. The number of methoxy groups -OCH3 is 2. The normalized spacial score (nSPS) is 18.8. The number of anilines is 1. The summed E-state index contributed by atoms with van der Waals surface area (Å²) in [7, 11) is 6.23. The van der Waals surface area contributed by atoms with Gasteiger partial charge in [-0.15, -0.1) is 0 Å². The Labute approximate surface area is 174 Å². The van der Waals surface area contributed by atoms with E-state index in [2.05, 4.69) is 10.4 Å². The molecule has 2 atom stereocenters. The number of piperidine rings is 1. The molecule has 0 bridgehead atoms. The average Bonchev–Trinajstić information content (AvgIpc) is 3.03. The molecule has 1 aliphatic rings. The van der Waals surface area contributed by atoms with Crippen molar-refractivity contribution in [3.05, 3.63) is 41.2 Å². The standard InChI is InChI=1S/C21H26N4O5/c1-12-17(18(21(28)30-5)23-25(12)3)22-20(27)15-10-11-16(26)24(2)19(15)13-6-8-14(29-4)9-7-13/h6-9,15,19H,10-11H2,1-5H3,(H,22,27). The minimum Gasteiger partial charge on any atom is -0.497 e. The molecule has 1 aromatic heterocycles. The second-order valence-electron chi connectivity index (χ2n) is 7.28. The van der Waals surface area contributed by atoms with Crippen molar-refractivity contribution in [3.63, 3.8) is 0 Å². The number of carbonyl (C=O) groups excluding carboxylic acids is 3. The summed E-state index contributed by atoms with van der Waals surface area (Å²) >= 11 is 0. The molecule has 160 valence electrons. The SMILES string of the molecule is COC(=O)c1nn(C)c(C)c1NC(=O)C1CCC(=O)N(C)C1c1ccc(OC)cc1. The van der Waals surface area contributed by atoms with Gasteiger partial charge < -0.3 is 19.7 Å². The van der Waals surface area contributed by atoms with Crippen LogP contribution in [-0.4, -0.2) is 53.7 Å². The molecule has 2 aromatic rings. The van der Waals surface area contributed by atoms with Gasteiger partial charge in [0, 0.05) is 20.5 Å². The van der Waals surface area contributed by atoms with E-state index in [4.69, 9.17) is 9.47 Å². The molecule has 1 aromatic carbocycles. The molecule has 2 unspecified atom stereocenters. The first-order valence-corrected chi connectivity index (χ1v) is 9.60. The fraction of sp³-hybridized carbons (Fsp3) is 0.429. The average molecular weight is 414 g/mol. The molecule has 9 heteroatoms. The van der Waals surface area contributed by atoms with Crippen LogP contribution in [0.2, 0.25) is 0 Å². The highest BCUT2D eigenvalue weighted by Gasteiger charge is 2.39. The molecule has 1 fully saturated rings. The second-order valence-corrected chi connectivity index (χ2v) is 7.28. The van der Waals surface area contributed by atoms with Crippen LogP contribution in [-0.2, 0) is 21.4 Å². The number of hydrogen-bond acceptors (Lipinski definition) is 6. The zero-order valence-corrected chi connectivity index (χ0v) is 17.8. The molecule has 0 aliphatic carbocycles. The second kappa shape index (κ2) is 8.56. The van der Waals surface area contributed by atoms with Crippen molar-refractivity contribution in [1.29, 1.82) is 0 Å². The van der Waals surface area contributed by atoms with E-state index in [-0.39, 0.29) is 23.9 Å². The van der Waals surface area contributed by atoms with Gasteiger partial charge in [0.05, 0.1) is 37.6 Å². The number of rotatable bonds is 5. The van der Waals surface area contributed by atoms with E-state index in [1.807, 2.05) is 12.1 Å². The molecule has 0 saturated carbocycles. The third-order valence-corrected chi connectivity index (χ3v) is 5.62. The van der Waals surface area contributed by atoms with Gasteiger partial charge in [-0.2, -0.15) is 5.10 Å². The fourth-order valence-corrected chi connectivity index (χ4v) is 3.78. The van der Waals surface area contributed by atoms with Gasteiger partial charge in [0.2, 0.25) is 11.8 Å². The number of ether oxygens (including phenoxy) is 2. The number of aryl methyl sites for hydroxylation is 1. The van der Waals surface area contributed by atoms with E-state index in [0.29, 0.717) is 23.6 Å². The lowest BCUT2D eigenvalue weighted by atomic mass is 9.84. The predicted molar refractivity (Wildman–Crippen MR) is 109 cm³/mol. The van der Waals surface area contributed by atoms with Gasteiger partial charge in [-0.25, -0.2) is 4.79 Å². The number of esters is 1. The highest BCUT2D eigenvalue weighted by molar-refractivity contribution is 6.02. The Balaban J connectivity index is 1.93. The predicted octanol–water partition coefficient (Wildman–Crippen LogP) is 2.07. The fourth-order valence-electron chi connectivity index (χ4n) is 3.78. The smallest absolute Gasteiger partial charge is 0.360 e. The summed E-state index contributed by atoms with van der Waals surface area (Å²) in [6, 6.07) is 6.88. The lowest BCUT2D eigenvalue weighted by Gasteiger charge is -2.38. The van der Waals surface area contributed by atoms with Gasteiger partial charge in [0.25, 0.3) is 0 Å². The van der Waals surface area contributed by atoms with Crippen LogP contribution in [0.4, 0.5) is 5.69 Å². The Morgan fingerprint density at radius 3 is 2.43 bits per heavy atom. The highest BCUT2D eigenvalue weighted by atomic mass is 16.5. The summed E-state index contributed by atoms with van der Waals surface area (Å²) in [4.78, 5) is 39.3. The number of nitrogens with one attached hydrogen (secondary N) is 1. The van der Waals surface area contributed by atoms with Crippen molar-refractivity contribution in [2.45, 2.75) is 25.8 Å². The molecule has 3 rings (SSSR count). The van der Waals surface area contributed by atoms with E-state index in [1.165, 1.54) is 11.8 Å². The third kappa shape index (κ3) is 3.87. The quantitative estimate of drug-likeness (QED) is 0.752. The maximum atomic E-state index is 13.3. The lowest BCUT2D eigenvalue weighted by molar-refractivity contribution is -0.140. The first kappa shape index (κ1) is 21.4. The molecular formula is C21H26N4O5. The molecule has 2 amide bonds. The molecule has 1 N–H and O–H groups in total. The Kier molecular flexibility index (Phi) is 6.09. The molecule has 0 radical (unpaired) electrons. The first-order chi connectivity index (χ1) is 14.3. The van der Waals surface area contributed by atoms with Gasteiger partial charge in [-0.1, -0.05) is 12.1 Å². The maximum absolute atomic E-state index is 13.3. The highest BCUT2D eigenvalue weighted by Crippen LogP contribution is 2.37. The summed E-state index contributed by atoms with van der Waals surface area (Å²) in [6.45, 7) is 1.76. The van der Waals surface area contributed by atoms with E-state index in [9.17, 15) is 14.4 Å². The molecule has 9 nitrogen and oxygen atoms in total. The van der Waals surface area contributed by atoms with Crippen molar-refractivity contribution >= 4 is 23.5 Å². The number of aromatic nitrogens is 2. The minimum atomic E-state index is -0.628. The summed E-state index contributed by atoms with van der Waals surface area (Å²) in [6.07, 6.45) is 0.676. The topological polar surface area (TPSA) is 103 Å². The van der Waals surface area contributed by atoms with Gasteiger partial charge in [0.1, 0.15) is 5.75 Å². The van der Waals surface area contributed by atoms with Gasteiger partial charge in [-0.05, 0) is 31.0 Å². The van der Waals surface area contributed by atoms with Crippen LogP contribution in [0.25, 0.3) is 0 Å². The van der Waals surface area contributed by atoms with Crippen LogP contribution >= 0.6 is 0 Å². The van der Waals surface area contributed by atoms with Crippen molar-refractivity contribution in [1.82, 2.24) is 14.7 Å². The number of carbonyl (C=O) groups is 3. The number of nitrogens with zero attached hydrogens (tertiary/aromatic N) is 3. The van der Waals surface area contributed by atoms with Gasteiger partial charge in [0.15, 0.2) is 5.69 Å². The Hall–Kier alpha value is -3.36.